The van der Waals surface area contributed by atoms with Crippen molar-refractivity contribution < 1.29 is 18.3 Å². The van der Waals surface area contributed by atoms with E-state index in [1.165, 1.54) is 17.0 Å². The summed E-state index contributed by atoms with van der Waals surface area (Å²) in [5.74, 6) is -3.13. The second-order valence-electron chi connectivity index (χ2n) is 3.15. The smallest absolute Gasteiger partial charge is 0.340 e. The van der Waals surface area contributed by atoms with Crippen molar-refractivity contribution in [3.63, 3.8) is 0 Å². The lowest BCUT2D eigenvalue weighted by molar-refractivity contribution is 0.0594. The van der Waals surface area contributed by atoms with E-state index in [1.54, 1.807) is 14.1 Å². The first-order chi connectivity index (χ1) is 6.99. The van der Waals surface area contributed by atoms with Crippen LogP contribution in [0.15, 0.2) is 12.1 Å². The second kappa shape index (κ2) is 4.25. The van der Waals surface area contributed by atoms with Crippen molar-refractivity contribution in [2.75, 3.05) is 26.1 Å². The molecule has 0 aliphatic rings. The summed E-state index contributed by atoms with van der Waals surface area (Å²) < 4.78 is 31.1. The van der Waals surface area contributed by atoms with Crippen LogP contribution in [0.5, 0.6) is 0 Å². The van der Waals surface area contributed by atoms with E-state index in [2.05, 4.69) is 4.74 Å². The van der Waals surface area contributed by atoms with Gasteiger partial charge in [0.1, 0.15) is 0 Å². The van der Waals surface area contributed by atoms with E-state index in [4.69, 9.17) is 0 Å². The van der Waals surface area contributed by atoms with E-state index in [0.29, 0.717) is 0 Å². The molecule has 0 atom stereocenters. The van der Waals surface area contributed by atoms with Crippen LogP contribution in [0.2, 0.25) is 0 Å². The molecule has 0 saturated carbocycles. The van der Waals surface area contributed by atoms with Gasteiger partial charge in [0.25, 0.3) is 0 Å². The molecule has 0 aliphatic carbocycles. The van der Waals surface area contributed by atoms with Crippen LogP contribution in [0.1, 0.15) is 10.4 Å². The Morgan fingerprint density at radius 3 is 2.33 bits per heavy atom. The maximum Gasteiger partial charge on any atom is 0.340 e. The van der Waals surface area contributed by atoms with Crippen LogP contribution in [0.3, 0.4) is 0 Å². The third-order valence-electron chi connectivity index (χ3n) is 1.95. The SMILES string of the molecule is COC(=O)c1ccc(N(C)C)c(F)c1F. The molecule has 5 heteroatoms. The molecule has 1 aromatic carbocycles. The Morgan fingerprint density at radius 1 is 1.27 bits per heavy atom. The lowest BCUT2D eigenvalue weighted by Gasteiger charge is -2.14. The number of hydrogen-bond acceptors (Lipinski definition) is 3. The first-order valence-corrected chi connectivity index (χ1v) is 4.22. The van der Waals surface area contributed by atoms with Crippen molar-refractivity contribution in [2.45, 2.75) is 0 Å². The van der Waals surface area contributed by atoms with Crippen LogP contribution in [-0.4, -0.2) is 27.2 Å². The van der Waals surface area contributed by atoms with Gasteiger partial charge in [0.05, 0.1) is 18.4 Å². The summed E-state index contributed by atoms with van der Waals surface area (Å²) in [6.07, 6.45) is 0. The van der Waals surface area contributed by atoms with Crippen LogP contribution in [0.4, 0.5) is 14.5 Å². The fourth-order valence-corrected chi connectivity index (χ4v) is 1.15. The fraction of sp³-hybridized carbons (Fsp3) is 0.300. The number of halogens is 2. The van der Waals surface area contributed by atoms with E-state index < -0.39 is 23.2 Å². The molecule has 0 spiro atoms. The van der Waals surface area contributed by atoms with Crippen molar-refractivity contribution >= 4 is 11.7 Å². The van der Waals surface area contributed by atoms with Gasteiger partial charge < -0.3 is 9.64 Å². The molecule has 0 aromatic heterocycles. The first kappa shape index (κ1) is 11.4. The number of nitrogens with zero attached hydrogens (tertiary/aromatic N) is 1. The number of carbonyl (C=O) groups excluding carboxylic acids is 1. The summed E-state index contributed by atoms with van der Waals surface area (Å²) in [7, 11) is 4.27. The maximum absolute atomic E-state index is 13.4. The molecule has 0 radical (unpaired) electrons. The van der Waals surface area contributed by atoms with Crippen LogP contribution >= 0.6 is 0 Å². The van der Waals surface area contributed by atoms with E-state index >= 15 is 0 Å². The Bertz CT molecular complexity index is 391. The molecular weight excluding hydrogens is 204 g/mol. The summed E-state index contributed by atoms with van der Waals surface area (Å²) in [6.45, 7) is 0. The number of hydrogen-bond donors (Lipinski definition) is 0. The Balaban J connectivity index is 3.27. The highest BCUT2D eigenvalue weighted by Crippen LogP contribution is 2.22. The fourth-order valence-electron chi connectivity index (χ4n) is 1.15. The van der Waals surface area contributed by atoms with E-state index in [1.807, 2.05) is 0 Å². The molecule has 1 aromatic rings. The molecule has 3 nitrogen and oxygen atoms in total. The lowest BCUT2D eigenvalue weighted by Crippen LogP contribution is -2.14. The zero-order chi connectivity index (χ0) is 11.6. The maximum atomic E-state index is 13.4. The van der Waals surface area contributed by atoms with Gasteiger partial charge in [0, 0.05) is 14.1 Å². The zero-order valence-corrected chi connectivity index (χ0v) is 8.67. The van der Waals surface area contributed by atoms with Crippen LogP contribution < -0.4 is 4.90 Å². The second-order valence-corrected chi connectivity index (χ2v) is 3.15. The van der Waals surface area contributed by atoms with E-state index in [0.717, 1.165) is 7.11 Å². The van der Waals surface area contributed by atoms with Crippen LogP contribution in [-0.2, 0) is 4.74 Å². The summed E-state index contributed by atoms with van der Waals surface area (Å²) in [5.41, 5.74) is -0.319. The molecule has 82 valence electrons. The Kier molecular flexibility index (Phi) is 3.24. The average Bonchev–Trinajstić information content (AvgIpc) is 2.20. The Hall–Kier alpha value is -1.65. The predicted octanol–water partition coefficient (Wildman–Crippen LogP) is 1.82. The highest BCUT2D eigenvalue weighted by atomic mass is 19.2. The summed E-state index contributed by atoms with van der Waals surface area (Å²) in [5, 5.41) is 0. The molecule has 0 saturated heterocycles. The Labute approximate surface area is 86.3 Å². The predicted molar refractivity (Wildman–Crippen MR) is 52.0 cm³/mol. The molecule has 0 N–H and O–H groups in total. The summed E-state index contributed by atoms with van der Waals surface area (Å²) in [4.78, 5) is 12.4. The van der Waals surface area contributed by atoms with Gasteiger partial charge in [0.2, 0.25) is 0 Å². The van der Waals surface area contributed by atoms with Crippen molar-refractivity contribution in [1.82, 2.24) is 0 Å². The van der Waals surface area contributed by atoms with Gasteiger partial charge in [-0.05, 0) is 12.1 Å². The largest absolute Gasteiger partial charge is 0.465 e. The summed E-state index contributed by atoms with van der Waals surface area (Å²) in [6, 6.07) is 2.52. The van der Waals surface area contributed by atoms with Gasteiger partial charge in [0.15, 0.2) is 11.6 Å². The molecule has 1 rings (SSSR count). The molecule has 0 amide bonds. The minimum Gasteiger partial charge on any atom is -0.465 e. The van der Waals surface area contributed by atoms with Gasteiger partial charge in [-0.1, -0.05) is 0 Å². The van der Waals surface area contributed by atoms with Gasteiger partial charge in [-0.15, -0.1) is 0 Å². The first-order valence-electron chi connectivity index (χ1n) is 4.22. The lowest BCUT2D eigenvalue weighted by atomic mass is 10.1. The number of rotatable bonds is 2. The third kappa shape index (κ3) is 2.06. The monoisotopic (exact) mass is 215 g/mol. The molecule has 0 heterocycles. The zero-order valence-electron chi connectivity index (χ0n) is 8.67. The van der Waals surface area contributed by atoms with Crippen molar-refractivity contribution in [1.29, 1.82) is 0 Å². The number of anilines is 1. The van der Waals surface area contributed by atoms with Crippen LogP contribution in [0.25, 0.3) is 0 Å². The highest BCUT2D eigenvalue weighted by Gasteiger charge is 2.19. The number of ether oxygens (including phenoxy) is 1. The normalized spacial score (nSPS) is 9.93. The molecular formula is C10H11F2NO2. The summed E-state index contributed by atoms with van der Waals surface area (Å²) >= 11 is 0. The minimum atomic E-state index is -1.19. The van der Waals surface area contributed by atoms with Crippen molar-refractivity contribution in [3.05, 3.63) is 29.3 Å². The Morgan fingerprint density at radius 2 is 1.87 bits per heavy atom. The van der Waals surface area contributed by atoms with Gasteiger partial charge in [-0.2, -0.15) is 0 Å². The topological polar surface area (TPSA) is 29.5 Å². The van der Waals surface area contributed by atoms with Crippen molar-refractivity contribution in [3.8, 4) is 0 Å². The molecule has 0 unspecified atom stereocenters. The van der Waals surface area contributed by atoms with Crippen molar-refractivity contribution in [2.24, 2.45) is 0 Å². The number of benzene rings is 1. The molecule has 0 bridgehead atoms. The number of carbonyl (C=O) groups is 1. The van der Waals surface area contributed by atoms with E-state index in [9.17, 15) is 13.6 Å². The number of esters is 1. The third-order valence-corrected chi connectivity index (χ3v) is 1.95. The standard InChI is InChI=1S/C10H11F2NO2/c1-13(2)7-5-4-6(10(14)15-3)8(11)9(7)12/h4-5H,1-3H3. The average molecular weight is 215 g/mol. The molecule has 0 aliphatic heterocycles. The van der Waals surface area contributed by atoms with Crippen LogP contribution in [0, 0.1) is 11.6 Å². The molecule has 0 fully saturated rings. The molecule has 15 heavy (non-hydrogen) atoms. The van der Waals surface area contributed by atoms with Gasteiger partial charge in [-0.25, -0.2) is 13.6 Å². The van der Waals surface area contributed by atoms with Gasteiger partial charge in [-0.3, -0.25) is 0 Å². The van der Waals surface area contributed by atoms with Gasteiger partial charge >= 0.3 is 5.97 Å². The number of methoxy groups -OCH3 is 1. The minimum absolute atomic E-state index is 0.0835. The van der Waals surface area contributed by atoms with E-state index in [-0.39, 0.29) is 5.69 Å². The highest BCUT2D eigenvalue weighted by molar-refractivity contribution is 5.90. The quantitative estimate of drug-likeness (QED) is 0.705.